The quantitative estimate of drug-likeness (QED) is 0.333. The van der Waals surface area contributed by atoms with Crippen LogP contribution in [0.2, 0.25) is 0 Å². The highest BCUT2D eigenvalue weighted by molar-refractivity contribution is 9.10. The number of methoxy groups -OCH3 is 1. The lowest BCUT2D eigenvalue weighted by molar-refractivity contribution is -0.141. The molecule has 0 aliphatic heterocycles. The molecule has 3 rings (SSSR count). The van der Waals surface area contributed by atoms with Crippen LogP contribution >= 0.6 is 27.7 Å². The number of aromatic nitrogens is 2. The second kappa shape index (κ2) is 9.23. The van der Waals surface area contributed by atoms with Crippen molar-refractivity contribution in [1.82, 2.24) is 9.55 Å². The molecule has 1 aromatic heterocycles. The maximum absolute atomic E-state index is 12.9. The summed E-state index contributed by atoms with van der Waals surface area (Å²) in [5.74, 6) is -0.822. The maximum Gasteiger partial charge on any atom is 0.325 e. The summed E-state index contributed by atoms with van der Waals surface area (Å²) in [7, 11) is 1.25. The molecule has 0 spiro atoms. The van der Waals surface area contributed by atoms with Crippen LogP contribution in [0.4, 0.5) is 5.69 Å². The largest absolute Gasteiger partial charge is 0.468 e. The summed E-state index contributed by atoms with van der Waals surface area (Å²) in [6.45, 7) is 1.43. The molecule has 0 aliphatic carbocycles. The maximum atomic E-state index is 12.9. The van der Waals surface area contributed by atoms with Gasteiger partial charge in [0, 0.05) is 10.2 Å². The molecule has 0 aliphatic rings. The first kappa shape index (κ1) is 21.1. The molecule has 0 bridgehead atoms. The van der Waals surface area contributed by atoms with E-state index in [1.807, 2.05) is 12.1 Å². The summed E-state index contributed by atoms with van der Waals surface area (Å²) in [6, 6.07) is 14.1. The number of ether oxygens (including phenoxy) is 1. The highest BCUT2D eigenvalue weighted by Gasteiger charge is 2.21. The number of rotatable bonds is 6. The van der Waals surface area contributed by atoms with Gasteiger partial charge in [-0.1, -0.05) is 45.9 Å². The Hall–Kier alpha value is -2.65. The zero-order valence-electron chi connectivity index (χ0n) is 15.7. The van der Waals surface area contributed by atoms with Gasteiger partial charge in [0.15, 0.2) is 5.16 Å². The van der Waals surface area contributed by atoms with Gasteiger partial charge in [0.1, 0.15) is 6.54 Å². The average molecular weight is 476 g/mol. The fourth-order valence-electron chi connectivity index (χ4n) is 2.59. The number of esters is 1. The van der Waals surface area contributed by atoms with Crippen LogP contribution in [-0.2, 0) is 20.9 Å². The predicted molar refractivity (Wildman–Crippen MR) is 116 cm³/mol. The number of halogens is 1. The normalized spacial score (nSPS) is 11.8. The Morgan fingerprint density at radius 1 is 1.24 bits per heavy atom. The van der Waals surface area contributed by atoms with Gasteiger partial charge in [-0.25, -0.2) is 4.98 Å². The van der Waals surface area contributed by atoms with Crippen molar-refractivity contribution in [3.05, 3.63) is 63.4 Å². The van der Waals surface area contributed by atoms with Gasteiger partial charge in [0.05, 0.1) is 23.3 Å². The van der Waals surface area contributed by atoms with E-state index < -0.39 is 11.2 Å². The smallest absolute Gasteiger partial charge is 0.325 e. The van der Waals surface area contributed by atoms with E-state index in [2.05, 4.69) is 26.2 Å². The standard InChI is InChI=1S/C20H18BrN3O4S/c1-12(18(26)22-14-7-5-6-13(21)10-14)29-20-23-16-9-4-3-8-15(16)19(27)24(20)11-17(25)28-2/h3-10,12H,11H2,1-2H3,(H,22,26). The number of thioether (sulfide) groups is 1. The van der Waals surface area contributed by atoms with E-state index in [0.29, 0.717) is 16.6 Å². The van der Waals surface area contributed by atoms with E-state index in [0.717, 1.165) is 16.2 Å². The first-order chi connectivity index (χ1) is 13.9. The monoisotopic (exact) mass is 475 g/mol. The molecule has 0 saturated carbocycles. The van der Waals surface area contributed by atoms with Gasteiger partial charge in [0.25, 0.3) is 5.56 Å². The molecule has 29 heavy (non-hydrogen) atoms. The van der Waals surface area contributed by atoms with Crippen LogP contribution in [0.3, 0.4) is 0 Å². The molecular weight excluding hydrogens is 458 g/mol. The number of anilines is 1. The van der Waals surface area contributed by atoms with Gasteiger partial charge in [-0.2, -0.15) is 0 Å². The molecule has 1 heterocycles. The molecule has 2 aromatic carbocycles. The lowest BCUT2D eigenvalue weighted by Gasteiger charge is -2.16. The number of carbonyl (C=O) groups excluding carboxylic acids is 2. The number of hydrogen-bond acceptors (Lipinski definition) is 6. The van der Waals surface area contributed by atoms with Gasteiger partial charge >= 0.3 is 5.97 Å². The van der Waals surface area contributed by atoms with Crippen molar-refractivity contribution in [1.29, 1.82) is 0 Å². The molecule has 1 unspecified atom stereocenters. The number of hydrogen-bond donors (Lipinski definition) is 1. The number of amides is 1. The molecule has 3 aromatic rings. The summed E-state index contributed by atoms with van der Waals surface area (Å²) >= 11 is 4.47. The lowest BCUT2D eigenvalue weighted by Crippen LogP contribution is -2.29. The fraction of sp³-hybridized carbons (Fsp3) is 0.200. The van der Waals surface area contributed by atoms with Crippen molar-refractivity contribution < 1.29 is 14.3 Å². The van der Waals surface area contributed by atoms with Crippen molar-refractivity contribution in [2.45, 2.75) is 23.9 Å². The number of benzene rings is 2. The summed E-state index contributed by atoms with van der Waals surface area (Å²) < 4.78 is 6.78. The molecule has 1 N–H and O–H groups in total. The van der Waals surface area contributed by atoms with Crippen LogP contribution in [0.5, 0.6) is 0 Å². The number of nitrogens with one attached hydrogen (secondary N) is 1. The molecule has 9 heteroatoms. The van der Waals surface area contributed by atoms with E-state index in [1.165, 1.54) is 11.7 Å². The van der Waals surface area contributed by atoms with Crippen molar-refractivity contribution in [2.24, 2.45) is 0 Å². The third-order valence-electron chi connectivity index (χ3n) is 4.09. The van der Waals surface area contributed by atoms with Crippen LogP contribution < -0.4 is 10.9 Å². The summed E-state index contributed by atoms with van der Waals surface area (Å²) in [4.78, 5) is 41.8. The Kier molecular flexibility index (Phi) is 6.71. The van der Waals surface area contributed by atoms with Crippen molar-refractivity contribution in [2.75, 3.05) is 12.4 Å². The molecule has 7 nitrogen and oxygen atoms in total. The summed E-state index contributed by atoms with van der Waals surface area (Å²) in [5, 5.41) is 2.93. The van der Waals surface area contributed by atoms with Crippen LogP contribution in [0.1, 0.15) is 6.92 Å². The first-order valence-corrected chi connectivity index (χ1v) is 10.4. The third-order valence-corrected chi connectivity index (χ3v) is 5.67. The molecular formula is C20H18BrN3O4S. The van der Waals surface area contributed by atoms with Crippen LogP contribution in [0, 0.1) is 0 Å². The van der Waals surface area contributed by atoms with Gasteiger partial charge < -0.3 is 10.1 Å². The minimum Gasteiger partial charge on any atom is -0.468 e. The Morgan fingerprint density at radius 2 is 2.00 bits per heavy atom. The zero-order valence-corrected chi connectivity index (χ0v) is 18.1. The summed E-state index contributed by atoms with van der Waals surface area (Å²) in [5.41, 5.74) is 0.791. The van der Waals surface area contributed by atoms with E-state index in [4.69, 9.17) is 4.74 Å². The molecule has 0 fully saturated rings. The van der Waals surface area contributed by atoms with E-state index >= 15 is 0 Å². The number of fused-ring (bicyclic) bond motifs is 1. The fourth-order valence-corrected chi connectivity index (χ4v) is 3.90. The lowest BCUT2D eigenvalue weighted by atomic mass is 10.2. The Balaban J connectivity index is 1.91. The first-order valence-electron chi connectivity index (χ1n) is 8.68. The second-order valence-electron chi connectivity index (χ2n) is 6.14. The number of para-hydroxylation sites is 1. The SMILES string of the molecule is COC(=O)Cn1c(SC(C)C(=O)Nc2cccc(Br)c2)nc2ccccc2c1=O. The minimum atomic E-state index is -0.572. The molecule has 0 saturated heterocycles. The minimum absolute atomic E-state index is 0.250. The van der Waals surface area contributed by atoms with Gasteiger partial charge in [0.2, 0.25) is 5.91 Å². The number of carbonyl (C=O) groups is 2. The molecule has 0 radical (unpaired) electrons. The van der Waals surface area contributed by atoms with Crippen molar-refractivity contribution >= 4 is 56.2 Å². The summed E-state index contributed by atoms with van der Waals surface area (Å²) in [6.07, 6.45) is 0. The average Bonchev–Trinajstić information content (AvgIpc) is 2.70. The Labute approximate surface area is 179 Å². The third kappa shape index (κ3) is 5.04. The Bertz CT molecular complexity index is 1130. The van der Waals surface area contributed by atoms with E-state index in [-0.39, 0.29) is 23.2 Å². The van der Waals surface area contributed by atoms with E-state index in [9.17, 15) is 14.4 Å². The zero-order chi connectivity index (χ0) is 21.0. The van der Waals surface area contributed by atoms with Gasteiger partial charge in [-0.3, -0.25) is 19.0 Å². The topological polar surface area (TPSA) is 90.3 Å². The van der Waals surface area contributed by atoms with Crippen molar-refractivity contribution in [3.8, 4) is 0 Å². The molecule has 1 atom stereocenters. The van der Waals surface area contributed by atoms with Gasteiger partial charge in [-0.05, 0) is 37.3 Å². The molecule has 150 valence electrons. The van der Waals surface area contributed by atoms with Crippen molar-refractivity contribution in [3.63, 3.8) is 0 Å². The predicted octanol–water partition coefficient (Wildman–Crippen LogP) is 3.45. The highest BCUT2D eigenvalue weighted by Crippen LogP contribution is 2.24. The van der Waals surface area contributed by atoms with Gasteiger partial charge in [-0.15, -0.1) is 0 Å². The second-order valence-corrected chi connectivity index (χ2v) is 8.36. The van der Waals surface area contributed by atoms with Crippen LogP contribution in [-0.4, -0.2) is 33.8 Å². The van der Waals surface area contributed by atoms with Crippen LogP contribution in [0.25, 0.3) is 10.9 Å². The highest BCUT2D eigenvalue weighted by atomic mass is 79.9. The number of nitrogens with zero attached hydrogens (tertiary/aromatic N) is 2. The molecule has 1 amide bonds. The van der Waals surface area contributed by atoms with E-state index in [1.54, 1.807) is 43.3 Å². The Morgan fingerprint density at radius 3 is 2.72 bits per heavy atom. The van der Waals surface area contributed by atoms with Crippen LogP contribution in [0.15, 0.2) is 63.0 Å².